The zero-order valence-corrected chi connectivity index (χ0v) is 10.2. The van der Waals surface area contributed by atoms with Gasteiger partial charge in [-0.2, -0.15) is 5.26 Å². The molecule has 0 aliphatic rings. The average Bonchev–Trinajstić information content (AvgIpc) is 2.73. The molecule has 3 nitrogen and oxygen atoms in total. The van der Waals surface area contributed by atoms with Gasteiger partial charge in [-0.25, -0.2) is 0 Å². The molecule has 1 heterocycles. The first kappa shape index (κ1) is 11.8. The van der Waals surface area contributed by atoms with Gasteiger partial charge < -0.3 is 9.15 Å². The first-order valence-electron chi connectivity index (χ1n) is 5.36. The van der Waals surface area contributed by atoms with Crippen LogP contribution in [0.25, 0.3) is 11.0 Å². The molecule has 88 valence electrons. The van der Waals surface area contributed by atoms with Crippen LogP contribution in [0.5, 0.6) is 5.75 Å². The van der Waals surface area contributed by atoms with Crippen LogP contribution in [0.3, 0.4) is 0 Å². The summed E-state index contributed by atoms with van der Waals surface area (Å²) in [6.07, 6.45) is 0. The summed E-state index contributed by atoms with van der Waals surface area (Å²) in [7, 11) is 0. The van der Waals surface area contributed by atoms with Gasteiger partial charge in [0.25, 0.3) is 0 Å². The second-order valence-corrected chi connectivity index (χ2v) is 4.25. The Morgan fingerprint density at radius 2 is 2.24 bits per heavy atom. The lowest BCUT2D eigenvalue weighted by Gasteiger charge is -2.08. The maximum atomic E-state index is 8.99. The van der Waals surface area contributed by atoms with Gasteiger partial charge in [0, 0.05) is 11.8 Å². The Morgan fingerprint density at radius 3 is 2.94 bits per heavy atom. The number of hydrogen-bond acceptors (Lipinski definition) is 3. The van der Waals surface area contributed by atoms with E-state index in [1.807, 2.05) is 37.3 Å². The van der Waals surface area contributed by atoms with Crippen LogP contribution in [-0.4, -0.2) is 12.5 Å². The van der Waals surface area contributed by atoms with Gasteiger partial charge >= 0.3 is 0 Å². The number of fused-ring (bicyclic) bond motifs is 1. The number of alkyl halides is 1. The number of nitrogens with zero attached hydrogens (tertiary/aromatic N) is 1. The number of nitriles is 1. The second kappa shape index (κ2) is 5.11. The van der Waals surface area contributed by atoms with Gasteiger partial charge in [0.1, 0.15) is 11.7 Å². The van der Waals surface area contributed by atoms with Crippen LogP contribution < -0.4 is 4.74 Å². The summed E-state index contributed by atoms with van der Waals surface area (Å²) < 4.78 is 11.0. The summed E-state index contributed by atoms with van der Waals surface area (Å²) >= 11 is 5.72. The monoisotopic (exact) mass is 249 g/mol. The van der Waals surface area contributed by atoms with Crippen LogP contribution >= 0.6 is 11.6 Å². The molecular formula is C13H12ClNO2. The highest BCUT2D eigenvalue weighted by Crippen LogP contribution is 2.32. The quantitative estimate of drug-likeness (QED) is 0.779. The zero-order chi connectivity index (χ0) is 12.3. The molecule has 0 amide bonds. The third-order valence-corrected chi connectivity index (χ3v) is 2.95. The lowest BCUT2D eigenvalue weighted by atomic mass is 10.2. The SMILES string of the molecule is CC(CCl)COc1c(C#N)oc2ccccc12. The fourth-order valence-corrected chi connectivity index (χ4v) is 1.60. The van der Waals surface area contributed by atoms with Crippen molar-refractivity contribution in [1.29, 1.82) is 5.26 Å². The highest BCUT2D eigenvalue weighted by molar-refractivity contribution is 6.18. The van der Waals surface area contributed by atoms with E-state index in [0.29, 0.717) is 23.8 Å². The molecule has 2 rings (SSSR count). The van der Waals surface area contributed by atoms with E-state index in [1.54, 1.807) is 0 Å². The van der Waals surface area contributed by atoms with Crippen LogP contribution in [0.2, 0.25) is 0 Å². The van der Waals surface area contributed by atoms with Crippen molar-refractivity contribution in [3.8, 4) is 11.8 Å². The van der Waals surface area contributed by atoms with Crippen LogP contribution in [0.1, 0.15) is 12.7 Å². The van der Waals surface area contributed by atoms with Crippen LogP contribution in [-0.2, 0) is 0 Å². The lowest BCUT2D eigenvalue weighted by Crippen LogP contribution is -2.09. The number of ether oxygens (including phenoxy) is 1. The van der Waals surface area contributed by atoms with E-state index in [-0.39, 0.29) is 11.7 Å². The van der Waals surface area contributed by atoms with Gasteiger partial charge in [-0.05, 0) is 12.1 Å². The molecule has 0 saturated carbocycles. The summed E-state index contributed by atoms with van der Waals surface area (Å²) in [5, 5.41) is 9.82. The van der Waals surface area contributed by atoms with Gasteiger partial charge in [-0.1, -0.05) is 19.1 Å². The van der Waals surface area contributed by atoms with Crippen molar-refractivity contribution in [2.75, 3.05) is 12.5 Å². The number of furan rings is 1. The van der Waals surface area contributed by atoms with E-state index in [2.05, 4.69) is 0 Å². The third-order valence-electron chi connectivity index (χ3n) is 2.43. The van der Waals surface area contributed by atoms with Crippen molar-refractivity contribution in [3.05, 3.63) is 30.0 Å². The normalized spacial score (nSPS) is 12.3. The first-order valence-corrected chi connectivity index (χ1v) is 5.90. The summed E-state index contributed by atoms with van der Waals surface area (Å²) in [5.74, 6) is 1.49. The van der Waals surface area contributed by atoms with Crippen molar-refractivity contribution in [2.24, 2.45) is 5.92 Å². The van der Waals surface area contributed by atoms with E-state index in [9.17, 15) is 0 Å². The molecule has 1 atom stereocenters. The first-order chi connectivity index (χ1) is 8.26. The average molecular weight is 250 g/mol. The van der Waals surface area contributed by atoms with E-state index < -0.39 is 0 Å². The molecule has 4 heteroatoms. The summed E-state index contributed by atoms with van der Waals surface area (Å²) in [4.78, 5) is 0. The number of benzene rings is 1. The van der Waals surface area contributed by atoms with Crippen molar-refractivity contribution in [3.63, 3.8) is 0 Å². The minimum Gasteiger partial charge on any atom is -0.488 e. The van der Waals surface area contributed by atoms with Crippen LogP contribution in [0.4, 0.5) is 0 Å². The Kier molecular flexibility index (Phi) is 3.55. The molecular weight excluding hydrogens is 238 g/mol. The minimum absolute atomic E-state index is 0.216. The minimum atomic E-state index is 0.216. The number of halogens is 1. The predicted molar refractivity (Wildman–Crippen MR) is 66.3 cm³/mol. The Hall–Kier alpha value is -1.66. The number of hydrogen-bond donors (Lipinski definition) is 0. The van der Waals surface area contributed by atoms with Crippen LogP contribution in [0.15, 0.2) is 28.7 Å². The molecule has 0 spiro atoms. The van der Waals surface area contributed by atoms with Crippen molar-refractivity contribution >= 4 is 22.6 Å². The Bertz CT molecular complexity index is 556. The topological polar surface area (TPSA) is 46.2 Å². The number of rotatable bonds is 4. The van der Waals surface area contributed by atoms with Gasteiger partial charge in [0.2, 0.25) is 5.76 Å². The van der Waals surface area contributed by atoms with Gasteiger partial charge in [0.05, 0.1) is 12.0 Å². The lowest BCUT2D eigenvalue weighted by molar-refractivity contribution is 0.271. The standard InChI is InChI=1S/C13H12ClNO2/c1-9(6-14)8-16-13-10-4-2-3-5-11(10)17-12(13)7-15/h2-5,9H,6,8H2,1H3. The maximum absolute atomic E-state index is 8.99. The Labute approximate surface area is 105 Å². The van der Waals surface area contributed by atoms with Gasteiger partial charge in [-0.15, -0.1) is 11.6 Å². The molecule has 1 aromatic carbocycles. The number of para-hydroxylation sites is 1. The molecule has 17 heavy (non-hydrogen) atoms. The predicted octanol–water partition coefficient (Wildman–Crippen LogP) is 3.56. The smallest absolute Gasteiger partial charge is 0.246 e. The molecule has 0 aliphatic heterocycles. The van der Waals surface area contributed by atoms with E-state index >= 15 is 0 Å². The molecule has 0 fully saturated rings. The van der Waals surface area contributed by atoms with Crippen LogP contribution in [0, 0.1) is 17.2 Å². The van der Waals surface area contributed by atoms with Gasteiger partial charge in [-0.3, -0.25) is 0 Å². The van der Waals surface area contributed by atoms with E-state index in [4.69, 9.17) is 26.0 Å². The zero-order valence-electron chi connectivity index (χ0n) is 9.44. The van der Waals surface area contributed by atoms with E-state index in [0.717, 1.165) is 5.39 Å². The molecule has 0 N–H and O–H groups in total. The molecule has 0 radical (unpaired) electrons. The van der Waals surface area contributed by atoms with Crippen molar-refractivity contribution < 1.29 is 9.15 Å². The molecule has 0 aliphatic carbocycles. The van der Waals surface area contributed by atoms with Gasteiger partial charge in [0.15, 0.2) is 5.75 Å². The summed E-state index contributed by atoms with van der Waals surface area (Å²) in [6.45, 7) is 2.46. The fourth-order valence-electron chi connectivity index (χ4n) is 1.51. The fraction of sp³-hybridized carbons (Fsp3) is 0.308. The highest BCUT2D eigenvalue weighted by atomic mass is 35.5. The van der Waals surface area contributed by atoms with Crippen molar-refractivity contribution in [2.45, 2.75) is 6.92 Å². The summed E-state index contributed by atoms with van der Waals surface area (Å²) in [5.41, 5.74) is 0.664. The molecule has 2 aromatic rings. The molecule has 0 saturated heterocycles. The largest absolute Gasteiger partial charge is 0.488 e. The highest BCUT2D eigenvalue weighted by Gasteiger charge is 2.15. The van der Waals surface area contributed by atoms with E-state index in [1.165, 1.54) is 0 Å². The second-order valence-electron chi connectivity index (χ2n) is 3.94. The Balaban J connectivity index is 2.34. The Morgan fingerprint density at radius 1 is 1.47 bits per heavy atom. The maximum Gasteiger partial charge on any atom is 0.246 e. The molecule has 0 bridgehead atoms. The molecule has 1 aromatic heterocycles. The van der Waals surface area contributed by atoms with Crippen molar-refractivity contribution in [1.82, 2.24) is 0 Å². The summed E-state index contributed by atoms with van der Waals surface area (Å²) in [6, 6.07) is 9.44. The molecule has 1 unspecified atom stereocenters. The third kappa shape index (κ3) is 2.37.